The van der Waals surface area contributed by atoms with Gasteiger partial charge in [0, 0.05) is 12.5 Å². The smallest absolute Gasteiger partial charge is 0.319 e. The number of halogens is 2. The van der Waals surface area contributed by atoms with Crippen LogP contribution in [0.15, 0.2) is 36.4 Å². The molecule has 0 spiro atoms. The third kappa shape index (κ3) is 3.64. The summed E-state index contributed by atoms with van der Waals surface area (Å²) in [6.07, 6.45) is 1.50. The van der Waals surface area contributed by atoms with Crippen molar-refractivity contribution in [1.82, 2.24) is 5.32 Å². The van der Waals surface area contributed by atoms with Gasteiger partial charge < -0.3 is 15.4 Å². The summed E-state index contributed by atoms with van der Waals surface area (Å²) in [7, 11) is 0. The van der Waals surface area contributed by atoms with Crippen LogP contribution in [0.5, 0.6) is 5.75 Å². The van der Waals surface area contributed by atoms with E-state index in [1.165, 1.54) is 6.07 Å². The Balaban J connectivity index is 1.58. The van der Waals surface area contributed by atoms with Crippen LogP contribution in [0.4, 0.5) is 19.3 Å². The van der Waals surface area contributed by atoms with Crippen molar-refractivity contribution in [2.75, 3.05) is 11.9 Å². The first kappa shape index (κ1) is 16.2. The number of nitrogens with one attached hydrogen (secondary N) is 2. The van der Waals surface area contributed by atoms with Gasteiger partial charge in [0.15, 0.2) is 0 Å². The van der Waals surface area contributed by atoms with Crippen molar-refractivity contribution in [3.63, 3.8) is 0 Å². The SMILES string of the molecule is C[C@H](Cc1ccc2c(c1)CCO2)NC(=O)Nc1c(F)cccc1F. The highest BCUT2D eigenvalue weighted by molar-refractivity contribution is 5.89. The molecule has 0 saturated carbocycles. The lowest BCUT2D eigenvalue weighted by Gasteiger charge is -2.16. The average molecular weight is 332 g/mol. The predicted molar refractivity (Wildman–Crippen MR) is 87.3 cm³/mol. The number of amides is 2. The van der Waals surface area contributed by atoms with Crippen LogP contribution in [0.3, 0.4) is 0 Å². The molecule has 3 rings (SSSR count). The molecule has 1 atom stereocenters. The molecule has 0 saturated heterocycles. The number of benzene rings is 2. The molecule has 1 aliphatic heterocycles. The molecule has 0 radical (unpaired) electrons. The molecular formula is C18H18F2N2O2. The summed E-state index contributed by atoms with van der Waals surface area (Å²) in [6, 6.07) is 8.54. The number of hydrogen-bond acceptors (Lipinski definition) is 2. The maximum atomic E-state index is 13.5. The van der Waals surface area contributed by atoms with E-state index in [-0.39, 0.29) is 6.04 Å². The Labute approximate surface area is 138 Å². The molecule has 1 heterocycles. The molecule has 2 amide bonds. The van der Waals surface area contributed by atoms with Gasteiger partial charge in [0.25, 0.3) is 0 Å². The van der Waals surface area contributed by atoms with Crippen LogP contribution in [0.2, 0.25) is 0 Å². The van der Waals surface area contributed by atoms with Gasteiger partial charge in [-0.3, -0.25) is 0 Å². The number of hydrogen-bond donors (Lipinski definition) is 2. The molecule has 0 bridgehead atoms. The van der Waals surface area contributed by atoms with Crippen molar-refractivity contribution in [2.45, 2.75) is 25.8 Å². The van der Waals surface area contributed by atoms with Crippen molar-refractivity contribution in [1.29, 1.82) is 0 Å². The van der Waals surface area contributed by atoms with E-state index in [1.807, 2.05) is 19.1 Å². The monoisotopic (exact) mass is 332 g/mol. The van der Waals surface area contributed by atoms with E-state index in [2.05, 4.69) is 16.7 Å². The number of ether oxygens (including phenoxy) is 1. The molecule has 24 heavy (non-hydrogen) atoms. The van der Waals surface area contributed by atoms with E-state index in [0.29, 0.717) is 13.0 Å². The van der Waals surface area contributed by atoms with Crippen LogP contribution in [0, 0.1) is 11.6 Å². The number of anilines is 1. The number of carbonyl (C=O) groups excluding carboxylic acids is 1. The molecule has 0 unspecified atom stereocenters. The van der Waals surface area contributed by atoms with Crippen molar-refractivity contribution in [3.05, 3.63) is 59.2 Å². The fraction of sp³-hybridized carbons (Fsp3) is 0.278. The summed E-state index contributed by atoms with van der Waals surface area (Å²) in [5, 5.41) is 4.90. The molecule has 0 aliphatic carbocycles. The van der Waals surface area contributed by atoms with Gasteiger partial charge >= 0.3 is 6.03 Å². The first-order chi connectivity index (χ1) is 11.5. The van der Waals surface area contributed by atoms with Gasteiger partial charge in [-0.05, 0) is 42.7 Å². The molecule has 1 aliphatic rings. The third-order valence-corrected chi connectivity index (χ3v) is 3.87. The van der Waals surface area contributed by atoms with Crippen LogP contribution >= 0.6 is 0 Å². The highest BCUT2D eigenvalue weighted by atomic mass is 19.1. The molecular weight excluding hydrogens is 314 g/mol. The van der Waals surface area contributed by atoms with Crippen LogP contribution in [0.25, 0.3) is 0 Å². The van der Waals surface area contributed by atoms with E-state index in [1.54, 1.807) is 0 Å². The second kappa shape index (κ2) is 6.86. The van der Waals surface area contributed by atoms with Crippen molar-refractivity contribution >= 4 is 11.7 Å². The number of urea groups is 1. The molecule has 4 nitrogen and oxygen atoms in total. The Hall–Kier alpha value is -2.63. The third-order valence-electron chi connectivity index (χ3n) is 3.87. The van der Waals surface area contributed by atoms with E-state index in [9.17, 15) is 13.6 Å². The summed E-state index contributed by atoms with van der Waals surface area (Å²) >= 11 is 0. The topological polar surface area (TPSA) is 50.4 Å². The van der Waals surface area contributed by atoms with E-state index < -0.39 is 23.4 Å². The summed E-state index contributed by atoms with van der Waals surface area (Å²) in [5.41, 5.74) is 1.79. The number of rotatable bonds is 4. The van der Waals surface area contributed by atoms with Crippen molar-refractivity contribution in [3.8, 4) is 5.75 Å². The summed E-state index contributed by atoms with van der Waals surface area (Å²) in [5.74, 6) is -0.708. The summed E-state index contributed by atoms with van der Waals surface area (Å²) in [4.78, 5) is 11.9. The normalized spacial score (nSPS) is 13.8. The standard InChI is InChI=1S/C18H18F2N2O2/c1-11(9-12-5-6-16-13(10-12)7-8-24-16)21-18(23)22-17-14(19)3-2-4-15(17)20/h2-6,10-11H,7-9H2,1H3,(H2,21,22,23)/t11-/m1/s1. The minimum Gasteiger partial charge on any atom is -0.493 e. The van der Waals surface area contributed by atoms with Crippen molar-refractivity contribution in [2.24, 2.45) is 0 Å². The lowest BCUT2D eigenvalue weighted by Crippen LogP contribution is -2.37. The minimum atomic E-state index is -0.809. The van der Waals surface area contributed by atoms with Crippen LogP contribution in [0.1, 0.15) is 18.1 Å². The second-order valence-electron chi connectivity index (χ2n) is 5.84. The first-order valence-electron chi connectivity index (χ1n) is 7.79. The largest absolute Gasteiger partial charge is 0.493 e. The number of para-hydroxylation sites is 1. The molecule has 2 N–H and O–H groups in total. The lowest BCUT2D eigenvalue weighted by molar-refractivity contribution is 0.249. The molecule has 6 heteroatoms. The lowest BCUT2D eigenvalue weighted by atomic mass is 10.0. The van der Waals surface area contributed by atoms with Gasteiger partial charge in [-0.15, -0.1) is 0 Å². The average Bonchev–Trinajstić information content (AvgIpc) is 2.98. The summed E-state index contributed by atoms with van der Waals surface area (Å²) < 4.78 is 32.5. The van der Waals surface area contributed by atoms with Gasteiger partial charge in [0.1, 0.15) is 23.1 Å². The highest BCUT2D eigenvalue weighted by Gasteiger charge is 2.16. The van der Waals surface area contributed by atoms with Crippen LogP contribution in [-0.4, -0.2) is 18.7 Å². The van der Waals surface area contributed by atoms with E-state index in [4.69, 9.17) is 4.74 Å². The Bertz CT molecular complexity index is 744. The zero-order valence-corrected chi connectivity index (χ0v) is 13.2. The van der Waals surface area contributed by atoms with E-state index in [0.717, 1.165) is 35.4 Å². The molecule has 0 aromatic heterocycles. The Morgan fingerprint density at radius 3 is 2.75 bits per heavy atom. The van der Waals surface area contributed by atoms with E-state index >= 15 is 0 Å². The molecule has 0 fully saturated rings. The quantitative estimate of drug-likeness (QED) is 0.898. The van der Waals surface area contributed by atoms with Gasteiger partial charge in [0.2, 0.25) is 0 Å². The molecule has 2 aromatic rings. The zero-order chi connectivity index (χ0) is 17.1. The van der Waals surface area contributed by atoms with Gasteiger partial charge in [-0.1, -0.05) is 18.2 Å². The number of fused-ring (bicyclic) bond motifs is 1. The van der Waals surface area contributed by atoms with Gasteiger partial charge in [0.05, 0.1) is 6.61 Å². The zero-order valence-electron chi connectivity index (χ0n) is 13.2. The van der Waals surface area contributed by atoms with Crippen LogP contribution in [-0.2, 0) is 12.8 Å². The Morgan fingerprint density at radius 2 is 2.00 bits per heavy atom. The fourth-order valence-electron chi connectivity index (χ4n) is 2.76. The second-order valence-corrected chi connectivity index (χ2v) is 5.84. The molecule has 126 valence electrons. The predicted octanol–water partition coefficient (Wildman–Crippen LogP) is 3.65. The van der Waals surface area contributed by atoms with Gasteiger partial charge in [-0.2, -0.15) is 0 Å². The maximum Gasteiger partial charge on any atom is 0.319 e. The minimum absolute atomic E-state index is 0.194. The fourth-order valence-corrected chi connectivity index (χ4v) is 2.76. The number of carbonyl (C=O) groups is 1. The Morgan fingerprint density at radius 1 is 1.25 bits per heavy atom. The first-order valence-corrected chi connectivity index (χ1v) is 7.79. The summed E-state index contributed by atoms with van der Waals surface area (Å²) in [6.45, 7) is 2.53. The maximum absolute atomic E-state index is 13.5. The van der Waals surface area contributed by atoms with Gasteiger partial charge in [-0.25, -0.2) is 13.6 Å². The van der Waals surface area contributed by atoms with Crippen molar-refractivity contribution < 1.29 is 18.3 Å². The van der Waals surface area contributed by atoms with Crippen LogP contribution < -0.4 is 15.4 Å². The Kier molecular flexibility index (Phi) is 4.64. The highest BCUT2D eigenvalue weighted by Crippen LogP contribution is 2.26. The molecule has 2 aromatic carbocycles.